The van der Waals surface area contributed by atoms with Crippen molar-refractivity contribution in [1.82, 2.24) is 0 Å². The fraction of sp³-hybridized carbons (Fsp3) is 0.545. The molecule has 0 spiro atoms. The summed E-state index contributed by atoms with van der Waals surface area (Å²) >= 11 is 3.55. The third-order valence-electron chi connectivity index (χ3n) is 6.28. The molecular formula is C22H24BrNO7. The highest BCUT2D eigenvalue weighted by Crippen LogP contribution is 2.60. The van der Waals surface area contributed by atoms with E-state index in [-0.39, 0.29) is 28.7 Å². The molecule has 1 heterocycles. The van der Waals surface area contributed by atoms with Crippen molar-refractivity contribution < 1.29 is 33.4 Å². The Morgan fingerprint density at radius 2 is 1.90 bits per heavy atom. The highest BCUT2D eigenvalue weighted by molar-refractivity contribution is 9.09. The third-order valence-corrected chi connectivity index (χ3v) is 7.48. The van der Waals surface area contributed by atoms with E-state index in [0.717, 1.165) is 19.3 Å². The molecule has 2 aliphatic carbocycles. The third kappa shape index (κ3) is 4.20. The van der Waals surface area contributed by atoms with Gasteiger partial charge in [-0.15, -0.1) is 0 Å². The first-order valence-corrected chi connectivity index (χ1v) is 11.4. The predicted octanol–water partition coefficient (Wildman–Crippen LogP) is 2.70. The number of halogens is 1. The van der Waals surface area contributed by atoms with Gasteiger partial charge in [0.05, 0.1) is 28.8 Å². The standard InChI is InChI=1S/C22H24BrNO7/c1-2-3-8-29-20(26)11-4-6-12(7-5-11)24-15(25)10-30-21(27)16-13-9-14-17(16)22(28)31-19(14)18(13)23/h4-7,13-14,16-19H,2-3,8-10H2,1H3,(H,24,25)/t13-,14-,16-,17+,18-,19+/m1/s1. The lowest BCUT2D eigenvalue weighted by molar-refractivity contribution is -0.157. The number of nitrogens with one attached hydrogen (secondary N) is 1. The number of hydrogen-bond donors (Lipinski definition) is 1. The molecule has 8 nitrogen and oxygen atoms in total. The van der Waals surface area contributed by atoms with Crippen LogP contribution < -0.4 is 5.32 Å². The van der Waals surface area contributed by atoms with Crippen LogP contribution in [0.4, 0.5) is 5.69 Å². The maximum Gasteiger partial charge on any atom is 0.338 e. The molecule has 6 atom stereocenters. The number of hydrogen-bond acceptors (Lipinski definition) is 7. The monoisotopic (exact) mass is 493 g/mol. The van der Waals surface area contributed by atoms with E-state index >= 15 is 0 Å². The summed E-state index contributed by atoms with van der Waals surface area (Å²) in [5, 5.41) is 2.62. The van der Waals surface area contributed by atoms with Crippen LogP contribution in [0.2, 0.25) is 0 Å². The van der Waals surface area contributed by atoms with Crippen LogP contribution >= 0.6 is 15.9 Å². The van der Waals surface area contributed by atoms with Crippen LogP contribution in [0, 0.1) is 23.7 Å². The van der Waals surface area contributed by atoms with Gasteiger partial charge in [0.15, 0.2) is 6.61 Å². The molecule has 1 aromatic rings. The first-order valence-electron chi connectivity index (χ1n) is 10.5. The smallest absolute Gasteiger partial charge is 0.338 e. The van der Waals surface area contributed by atoms with Crippen molar-refractivity contribution in [2.45, 2.75) is 37.1 Å². The van der Waals surface area contributed by atoms with Gasteiger partial charge in [-0.05, 0) is 43.0 Å². The summed E-state index contributed by atoms with van der Waals surface area (Å²) in [4.78, 5) is 48.8. The molecule has 2 saturated carbocycles. The van der Waals surface area contributed by atoms with Gasteiger partial charge in [-0.1, -0.05) is 29.3 Å². The number of unbranched alkanes of at least 4 members (excludes halogenated alkanes) is 1. The van der Waals surface area contributed by atoms with Crippen molar-refractivity contribution in [3.63, 3.8) is 0 Å². The average molecular weight is 494 g/mol. The van der Waals surface area contributed by atoms with E-state index in [1.165, 1.54) is 0 Å². The van der Waals surface area contributed by atoms with Crippen LogP contribution in [0.15, 0.2) is 24.3 Å². The zero-order valence-corrected chi connectivity index (χ0v) is 18.6. The van der Waals surface area contributed by atoms with Crippen LogP contribution in [0.3, 0.4) is 0 Å². The number of ether oxygens (including phenoxy) is 3. The van der Waals surface area contributed by atoms with E-state index in [0.29, 0.717) is 17.9 Å². The van der Waals surface area contributed by atoms with Crippen LogP contribution in [0.1, 0.15) is 36.5 Å². The molecule has 1 aliphatic heterocycles. The first kappa shape index (κ1) is 21.8. The maximum atomic E-state index is 12.6. The lowest BCUT2D eigenvalue weighted by Crippen LogP contribution is -2.39. The van der Waals surface area contributed by atoms with Gasteiger partial charge in [0.1, 0.15) is 6.10 Å². The summed E-state index contributed by atoms with van der Waals surface area (Å²) in [6, 6.07) is 6.28. The van der Waals surface area contributed by atoms with Crippen LogP contribution in [-0.2, 0) is 28.6 Å². The van der Waals surface area contributed by atoms with Crippen molar-refractivity contribution in [2.75, 3.05) is 18.5 Å². The lowest BCUT2D eigenvalue weighted by atomic mass is 9.80. The van der Waals surface area contributed by atoms with Crippen molar-refractivity contribution >= 4 is 45.4 Å². The summed E-state index contributed by atoms with van der Waals surface area (Å²) in [5.41, 5.74) is 0.858. The predicted molar refractivity (Wildman–Crippen MR) is 112 cm³/mol. The van der Waals surface area contributed by atoms with Gasteiger partial charge >= 0.3 is 17.9 Å². The van der Waals surface area contributed by atoms with Crippen molar-refractivity contribution in [3.8, 4) is 0 Å². The zero-order chi connectivity index (χ0) is 22.1. The van der Waals surface area contributed by atoms with Crippen LogP contribution in [-0.4, -0.2) is 48.0 Å². The van der Waals surface area contributed by atoms with Gasteiger partial charge in [0.25, 0.3) is 5.91 Å². The maximum absolute atomic E-state index is 12.6. The molecule has 1 N–H and O–H groups in total. The molecule has 31 heavy (non-hydrogen) atoms. The second-order valence-electron chi connectivity index (χ2n) is 8.18. The molecule has 0 aromatic heterocycles. The van der Waals surface area contributed by atoms with Crippen molar-refractivity contribution in [2.24, 2.45) is 23.7 Å². The van der Waals surface area contributed by atoms with E-state index in [1.54, 1.807) is 24.3 Å². The Kier molecular flexibility index (Phi) is 6.31. The number of anilines is 1. The number of alkyl halides is 1. The number of rotatable bonds is 8. The van der Waals surface area contributed by atoms with Crippen molar-refractivity contribution in [1.29, 1.82) is 0 Å². The van der Waals surface area contributed by atoms with E-state index in [9.17, 15) is 19.2 Å². The quantitative estimate of drug-likeness (QED) is 0.256. The van der Waals surface area contributed by atoms with Crippen molar-refractivity contribution in [3.05, 3.63) is 29.8 Å². The second kappa shape index (κ2) is 8.98. The topological polar surface area (TPSA) is 108 Å². The molecule has 3 aliphatic rings. The molecule has 0 radical (unpaired) electrons. The number of esters is 3. The summed E-state index contributed by atoms with van der Waals surface area (Å²) in [6.07, 6.45) is 2.32. The van der Waals surface area contributed by atoms with Gasteiger partial charge in [-0.25, -0.2) is 4.79 Å². The minimum absolute atomic E-state index is 0.0216. The highest BCUT2D eigenvalue weighted by Gasteiger charge is 2.68. The highest BCUT2D eigenvalue weighted by atomic mass is 79.9. The molecule has 3 fully saturated rings. The Morgan fingerprint density at radius 1 is 1.16 bits per heavy atom. The molecule has 1 saturated heterocycles. The number of carbonyl (C=O) groups is 4. The fourth-order valence-corrected chi connectivity index (χ4v) is 5.85. The summed E-state index contributed by atoms with van der Waals surface area (Å²) in [7, 11) is 0. The number of benzene rings is 1. The Bertz CT molecular complexity index is 886. The molecule has 9 heteroatoms. The fourth-order valence-electron chi connectivity index (χ4n) is 4.81. The largest absolute Gasteiger partial charge is 0.462 e. The van der Waals surface area contributed by atoms with Gasteiger partial charge in [0, 0.05) is 11.6 Å². The Balaban J connectivity index is 1.26. The summed E-state index contributed by atoms with van der Waals surface area (Å²) < 4.78 is 15.7. The molecule has 0 unspecified atom stereocenters. The minimum Gasteiger partial charge on any atom is -0.462 e. The van der Waals surface area contributed by atoms with E-state index in [2.05, 4.69) is 21.2 Å². The van der Waals surface area contributed by atoms with Crippen LogP contribution in [0.5, 0.6) is 0 Å². The molecule has 4 rings (SSSR count). The molecular weight excluding hydrogens is 470 g/mol. The Labute approximate surface area is 188 Å². The van der Waals surface area contributed by atoms with E-state index < -0.39 is 36.3 Å². The first-order chi connectivity index (χ1) is 14.9. The molecule has 166 valence electrons. The molecule has 2 bridgehead atoms. The SMILES string of the molecule is CCCCOC(=O)c1ccc(NC(=O)COC(=O)[C@@H]2[C@H]3C[C@H]4[C@H](OC(=O)[C@@H]42)[C@@H]3Br)cc1. The summed E-state index contributed by atoms with van der Waals surface area (Å²) in [6.45, 7) is 1.93. The number of amides is 1. The van der Waals surface area contributed by atoms with Gasteiger partial charge in [-0.2, -0.15) is 0 Å². The Hall–Kier alpha value is -2.42. The number of fused-ring (bicyclic) bond motifs is 1. The van der Waals surface area contributed by atoms with E-state index in [4.69, 9.17) is 14.2 Å². The average Bonchev–Trinajstić information content (AvgIpc) is 3.37. The molecule has 1 amide bonds. The van der Waals surface area contributed by atoms with Gasteiger partial charge < -0.3 is 19.5 Å². The minimum atomic E-state index is -0.577. The van der Waals surface area contributed by atoms with Crippen LogP contribution in [0.25, 0.3) is 0 Å². The molecule has 1 aromatic carbocycles. The normalized spacial score (nSPS) is 30.1. The second-order valence-corrected chi connectivity index (χ2v) is 9.24. The van der Waals surface area contributed by atoms with E-state index in [1.807, 2.05) is 6.92 Å². The zero-order valence-electron chi connectivity index (χ0n) is 17.0. The lowest BCUT2D eigenvalue weighted by Gasteiger charge is -2.26. The number of carbonyl (C=O) groups excluding carboxylic acids is 4. The van der Waals surface area contributed by atoms with Gasteiger partial charge in [-0.3, -0.25) is 14.4 Å². The van der Waals surface area contributed by atoms with Gasteiger partial charge in [0.2, 0.25) is 0 Å². The summed E-state index contributed by atoms with van der Waals surface area (Å²) in [5.74, 6) is -2.83. The Morgan fingerprint density at radius 3 is 2.61 bits per heavy atom.